The van der Waals surface area contributed by atoms with E-state index < -0.39 is 4.92 Å². The van der Waals surface area contributed by atoms with Crippen LogP contribution in [0, 0.1) is 10.1 Å². The van der Waals surface area contributed by atoms with Crippen molar-refractivity contribution in [2.45, 2.75) is 5.75 Å². The lowest BCUT2D eigenvalue weighted by Gasteiger charge is -2.10. The molecule has 2 aromatic rings. The molecule has 7 heteroatoms. The maximum Gasteiger partial charge on any atom is 0.269 e. The fraction of sp³-hybridized carbons (Fsp3) is 0.0714. The monoisotopic (exact) mass is 319 g/mol. The van der Waals surface area contributed by atoms with E-state index in [0.29, 0.717) is 10.1 Å². The van der Waals surface area contributed by atoms with Gasteiger partial charge in [-0.25, -0.2) is 0 Å². The van der Waals surface area contributed by atoms with Crippen molar-refractivity contribution in [3.8, 4) is 0 Å². The summed E-state index contributed by atoms with van der Waals surface area (Å²) >= 11 is 6.65. The zero-order valence-electron chi connectivity index (χ0n) is 11.0. The molecule has 2 aromatic carbocycles. The van der Waals surface area contributed by atoms with Gasteiger partial charge in [0.15, 0.2) is 4.32 Å². The summed E-state index contributed by atoms with van der Waals surface area (Å²) in [5.74, 6) is 0.653. The molecule has 0 saturated carbocycles. The van der Waals surface area contributed by atoms with E-state index in [4.69, 9.17) is 12.2 Å². The number of thiocarbonyl (C=S) groups is 1. The molecule has 0 aromatic heterocycles. The van der Waals surface area contributed by atoms with Gasteiger partial charge in [-0.3, -0.25) is 21.0 Å². The number of anilines is 1. The van der Waals surface area contributed by atoms with Crippen LogP contribution < -0.4 is 10.9 Å². The molecule has 0 aliphatic heterocycles. The Bertz CT molecular complexity index is 618. The van der Waals surface area contributed by atoms with Crippen LogP contribution in [-0.2, 0) is 5.75 Å². The molecule has 0 aliphatic rings. The van der Waals surface area contributed by atoms with Gasteiger partial charge in [0, 0.05) is 17.9 Å². The summed E-state index contributed by atoms with van der Waals surface area (Å²) in [4.78, 5) is 10.1. The van der Waals surface area contributed by atoms with E-state index in [2.05, 4.69) is 10.9 Å². The summed E-state index contributed by atoms with van der Waals surface area (Å²) < 4.78 is 0.609. The first-order chi connectivity index (χ1) is 10.1. The van der Waals surface area contributed by atoms with Gasteiger partial charge in [-0.05, 0) is 17.7 Å². The standard InChI is InChI=1S/C14H13N3O2S2/c18-17(19)13-8-6-11(7-9-13)10-21-14(20)16-15-12-4-2-1-3-5-12/h1-9,15H,10H2,(H,16,20). The van der Waals surface area contributed by atoms with Crippen LogP contribution in [0.4, 0.5) is 11.4 Å². The lowest BCUT2D eigenvalue weighted by molar-refractivity contribution is -0.384. The molecule has 0 radical (unpaired) electrons. The van der Waals surface area contributed by atoms with Crippen LogP contribution in [0.5, 0.6) is 0 Å². The molecular formula is C14H13N3O2S2. The Hall–Kier alpha value is -2.12. The van der Waals surface area contributed by atoms with Crippen LogP contribution in [0.2, 0.25) is 0 Å². The topological polar surface area (TPSA) is 67.2 Å². The first-order valence-corrected chi connectivity index (χ1v) is 7.52. The van der Waals surface area contributed by atoms with Crippen molar-refractivity contribution < 1.29 is 4.92 Å². The average molecular weight is 319 g/mol. The Morgan fingerprint density at radius 1 is 1.14 bits per heavy atom. The number of hydrogen-bond donors (Lipinski definition) is 2. The van der Waals surface area contributed by atoms with E-state index in [9.17, 15) is 10.1 Å². The van der Waals surface area contributed by atoms with Gasteiger partial charge >= 0.3 is 0 Å². The molecule has 0 spiro atoms. The van der Waals surface area contributed by atoms with Gasteiger partial charge in [0.1, 0.15) is 0 Å². The minimum atomic E-state index is -0.410. The lowest BCUT2D eigenvalue weighted by Crippen LogP contribution is -2.25. The second kappa shape index (κ2) is 7.61. The quantitative estimate of drug-likeness (QED) is 0.497. The molecule has 0 bridgehead atoms. The highest BCUT2D eigenvalue weighted by Crippen LogP contribution is 2.17. The zero-order chi connectivity index (χ0) is 15.1. The summed E-state index contributed by atoms with van der Waals surface area (Å²) in [5, 5.41) is 10.6. The number of hydrogen-bond acceptors (Lipinski definition) is 5. The van der Waals surface area contributed by atoms with Gasteiger partial charge in [0.25, 0.3) is 5.69 Å². The Morgan fingerprint density at radius 2 is 1.81 bits per heavy atom. The van der Waals surface area contributed by atoms with Crippen LogP contribution in [0.25, 0.3) is 0 Å². The van der Waals surface area contributed by atoms with E-state index in [1.54, 1.807) is 12.1 Å². The van der Waals surface area contributed by atoms with Crippen molar-refractivity contribution in [3.05, 3.63) is 70.3 Å². The van der Waals surface area contributed by atoms with E-state index in [0.717, 1.165) is 11.3 Å². The van der Waals surface area contributed by atoms with Crippen LogP contribution in [0.3, 0.4) is 0 Å². The third kappa shape index (κ3) is 5.05. The van der Waals surface area contributed by atoms with Gasteiger partial charge in [-0.15, -0.1) is 0 Å². The van der Waals surface area contributed by atoms with Gasteiger partial charge in [0.05, 0.1) is 10.6 Å². The Balaban J connectivity index is 1.77. The smallest absolute Gasteiger partial charge is 0.269 e. The van der Waals surface area contributed by atoms with Crippen molar-refractivity contribution in [1.29, 1.82) is 0 Å². The first kappa shape index (κ1) is 15.3. The van der Waals surface area contributed by atoms with E-state index in [-0.39, 0.29) is 5.69 Å². The summed E-state index contributed by atoms with van der Waals surface area (Å²) in [5.41, 5.74) is 7.94. The lowest BCUT2D eigenvalue weighted by atomic mass is 10.2. The highest BCUT2D eigenvalue weighted by Gasteiger charge is 2.04. The Morgan fingerprint density at radius 3 is 2.43 bits per heavy atom. The second-order valence-corrected chi connectivity index (χ2v) is 5.77. The minimum absolute atomic E-state index is 0.0928. The SMILES string of the molecule is O=[N+]([O-])c1ccc(CSC(=S)NNc2ccccc2)cc1. The predicted molar refractivity (Wildman–Crippen MR) is 90.2 cm³/mol. The van der Waals surface area contributed by atoms with Crippen LogP contribution in [0.1, 0.15) is 5.56 Å². The van der Waals surface area contributed by atoms with Crippen molar-refractivity contribution in [3.63, 3.8) is 0 Å². The third-order valence-corrected chi connectivity index (χ3v) is 3.90. The maximum absolute atomic E-state index is 10.6. The van der Waals surface area contributed by atoms with Crippen molar-refractivity contribution in [2.75, 3.05) is 5.43 Å². The fourth-order valence-electron chi connectivity index (χ4n) is 1.54. The molecule has 0 heterocycles. The highest BCUT2D eigenvalue weighted by molar-refractivity contribution is 8.22. The normalized spacial score (nSPS) is 9.90. The number of thioether (sulfide) groups is 1. The predicted octanol–water partition coefficient (Wildman–Crippen LogP) is 3.73. The van der Waals surface area contributed by atoms with Gasteiger partial charge in [-0.2, -0.15) is 0 Å². The van der Waals surface area contributed by atoms with Gasteiger partial charge in [-0.1, -0.05) is 54.3 Å². The van der Waals surface area contributed by atoms with Crippen LogP contribution in [0.15, 0.2) is 54.6 Å². The number of benzene rings is 2. The summed E-state index contributed by atoms with van der Waals surface area (Å²) in [6.07, 6.45) is 0. The van der Waals surface area contributed by atoms with Crippen LogP contribution >= 0.6 is 24.0 Å². The Kier molecular flexibility index (Phi) is 5.53. The Labute approximate surface area is 131 Å². The van der Waals surface area contributed by atoms with E-state index in [1.807, 2.05) is 30.3 Å². The number of nitro benzene ring substituents is 1. The van der Waals surface area contributed by atoms with Gasteiger partial charge < -0.3 is 0 Å². The number of hydrazine groups is 1. The molecular weight excluding hydrogens is 306 g/mol. The molecule has 0 saturated heterocycles. The summed E-state index contributed by atoms with van der Waals surface area (Å²) in [6.45, 7) is 0. The third-order valence-electron chi connectivity index (χ3n) is 2.60. The minimum Gasteiger partial charge on any atom is -0.300 e. The number of non-ortho nitro benzene ring substituents is 1. The molecule has 21 heavy (non-hydrogen) atoms. The second-order valence-electron chi connectivity index (χ2n) is 4.12. The van der Waals surface area contributed by atoms with Crippen LogP contribution in [-0.4, -0.2) is 9.24 Å². The maximum atomic E-state index is 10.6. The van der Waals surface area contributed by atoms with E-state index in [1.165, 1.54) is 23.9 Å². The molecule has 0 atom stereocenters. The highest BCUT2D eigenvalue weighted by atomic mass is 32.2. The molecule has 0 aliphatic carbocycles. The summed E-state index contributed by atoms with van der Waals surface area (Å²) in [6, 6.07) is 16.1. The first-order valence-electron chi connectivity index (χ1n) is 6.12. The number of nitrogens with one attached hydrogen (secondary N) is 2. The van der Waals surface area contributed by atoms with Gasteiger partial charge in [0.2, 0.25) is 0 Å². The summed E-state index contributed by atoms with van der Waals surface area (Å²) in [7, 11) is 0. The van der Waals surface area contributed by atoms with Crippen molar-refractivity contribution in [2.24, 2.45) is 0 Å². The number of para-hydroxylation sites is 1. The van der Waals surface area contributed by atoms with E-state index >= 15 is 0 Å². The molecule has 0 amide bonds. The average Bonchev–Trinajstić information content (AvgIpc) is 2.52. The molecule has 108 valence electrons. The zero-order valence-corrected chi connectivity index (χ0v) is 12.6. The number of rotatable bonds is 5. The largest absolute Gasteiger partial charge is 0.300 e. The molecule has 0 fully saturated rings. The van der Waals surface area contributed by atoms with Crippen molar-refractivity contribution >= 4 is 39.7 Å². The fourth-order valence-corrected chi connectivity index (χ4v) is 2.38. The number of nitro groups is 1. The molecule has 5 nitrogen and oxygen atoms in total. The molecule has 2 rings (SSSR count). The number of nitrogens with zero attached hydrogens (tertiary/aromatic N) is 1. The molecule has 2 N–H and O–H groups in total. The van der Waals surface area contributed by atoms with Crippen molar-refractivity contribution in [1.82, 2.24) is 5.43 Å². The molecule has 0 unspecified atom stereocenters.